The number of likely N-dealkylation sites (N-methyl/N-ethyl adjacent to an activating group) is 1. The van der Waals surface area contributed by atoms with Crippen LogP contribution in [0.2, 0.25) is 0 Å². The van der Waals surface area contributed by atoms with E-state index < -0.39 is 39.4 Å². The zero-order valence-corrected chi connectivity index (χ0v) is 11.5. The Morgan fingerprint density at radius 3 is 2.35 bits per heavy atom. The molecule has 20 heavy (non-hydrogen) atoms. The van der Waals surface area contributed by atoms with Crippen molar-refractivity contribution >= 4 is 27.6 Å². The summed E-state index contributed by atoms with van der Waals surface area (Å²) in [4.78, 5) is 33.9. The average molecular weight is 303 g/mol. The van der Waals surface area contributed by atoms with Gasteiger partial charge in [-0.15, -0.1) is 0 Å². The molecule has 0 fully saturated rings. The maximum atomic E-state index is 11.7. The number of amides is 2. The number of nitriles is 1. The maximum absolute atomic E-state index is 11.7. The Kier molecular flexibility index (Phi) is 6.37. The summed E-state index contributed by atoms with van der Waals surface area (Å²) in [5, 5.41) is 18.9. The van der Waals surface area contributed by atoms with Crippen LogP contribution < -0.4 is 5.32 Å². The van der Waals surface area contributed by atoms with Crippen LogP contribution in [0.4, 0.5) is 0 Å². The molecule has 1 atom stereocenters. The van der Waals surface area contributed by atoms with Crippen LogP contribution in [-0.4, -0.2) is 61.3 Å². The second kappa shape index (κ2) is 7.25. The minimum absolute atomic E-state index is 0.533. The molecule has 0 saturated heterocycles. The molecule has 0 radical (unpaired) electrons. The molecular weight excluding hydrogens is 290 g/mol. The number of nitrogens with zero attached hydrogens (tertiary/aromatic N) is 2. The molecular formula is C10H13N3O6S. The lowest BCUT2D eigenvalue weighted by Gasteiger charge is -2.18. The van der Waals surface area contributed by atoms with Gasteiger partial charge in [0, 0.05) is 25.5 Å². The first kappa shape index (κ1) is 17.6. The first-order chi connectivity index (χ1) is 9.06. The topological polar surface area (TPSA) is 145 Å². The van der Waals surface area contributed by atoms with E-state index in [0.29, 0.717) is 17.1 Å². The van der Waals surface area contributed by atoms with E-state index in [-0.39, 0.29) is 0 Å². The molecule has 0 aromatic rings. The number of sulfone groups is 1. The van der Waals surface area contributed by atoms with E-state index in [4.69, 9.17) is 10.4 Å². The molecule has 0 spiro atoms. The van der Waals surface area contributed by atoms with Crippen LogP contribution in [0.25, 0.3) is 0 Å². The van der Waals surface area contributed by atoms with Gasteiger partial charge < -0.3 is 10.4 Å². The van der Waals surface area contributed by atoms with Crippen molar-refractivity contribution in [1.29, 1.82) is 5.26 Å². The number of hydrogen-bond acceptors (Lipinski definition) is 6. The summed E-state index contributed by atoms with van der Waals surface area (Å²) < 4.78 is 22.4. The molecule has 0 heterocycles. The highest BCUT2D eigenvalue weighted by molar-refractivity contribution is 7.90. The summed E-state index contributed by atoms with van der Waals surface area (Å²) in [7, 11) is -2.49. The highest BCUT2D eigenvalue weighted by Gasteiger charge is 2.27. The van der Waals surface area contributed by atoms with Crippen molar-refractivity contribution < 1.29 is 27.9 Å². The Balaban J connectivity index is 5.06. The van der Waals surface area contributed by atoms with Crippen LogP contribution in [0, 0.1) is 11.5 Å². The fourth-order valence-electron chi connectivity index (χ4n) is 1.13. The molecule has 0 aliphatic carbocycles. The number of rotatable bonds is 6. The maximum Gasteiger partial charge on any atom is 0.328 e. The minimum atomic E-state index is -3.60. The van der Waals surface area contributed by atoms with Gasteiger partial charge >= 0.3 is 5.97 Å². The fraction of sp³-hybridized carbons (Fsp3) is 0.400. The molecule has 2 N–H and O–H groups in total. The second-order valence-corrected chi connectivity index (χ2v) is 6.01. The number of carboxylic acids is 1. The Bertz CT molecular complexity index is 574. The van der Waals surface area contributed by atoms with Gasteiger partial charge in [-0.3, -0.25) is 14.5 Å². The van der Waals surface area contributed by atoms with E-state index >= 15 is 0 Å². The number of carbonyl (C=O) groups excluding carboxylic acids is 2. The molecule has 10 heteroatoms. The van der Waals surface area contributed by atoms with Crippen LogP contribution >= 0.6 is 0 Å². The third-order valence-corrected chi connectivity index (χ3v) is 2.88. The predicted molar refractivity (Wildman–Crippen MR) is 66.8 cm³/mol. The van der Waals surface area contributed by atoms with E-state index in [1.54, 1.807) is 0 Å². The molecule has 0 aliphatic rings. The Morgan fingerprint density at radius 1 is 1.40 bits per heavy atom. The van der Waals surface area contributed by atoms with Crippen LogP contribution in [0.15, 0.2) is 12.2 Å². The van der Waals surface area contributed by atoms with Crippen LogP contribution in [0.5, 0.6) is 0 Å². The Morgan fingerprint density at radius 2 is 1.95 bits per heavy atom. The van der Waals surface area contributed by atoms with Gasteiger partial charge in [-0.05, 0) is 0 Å². The standard InChI is InChI=1S/C10H13N3O6S/c1-13(6-11)10(17)7(5-20(2,18)19)12-8(14)3-4-9(15)16/h3-4,7H,5H2,1-2H3,(H,12,14)(H,15,16)/b4-3+. The number of carboxylic acid groups (broad SMARTS) is 1. The Hall–Kier alpha value is -2.41. The molecule has 0 aromatic heterocycles. The van der Waals surface area contributed by atoms with Gasteiger partial charge in [0.2, 0.25) is 5.91 Å². The van der Waals surface area contributed by atoms with Gasteiger partial charge in [-0.25, -0.2) is 13.2 Å². The molecule has 110 valence electrons. The highest BCUT2D eigenvalue weighted by atomic mass is 32.2. The number of carbonyl (C=O) groups is 3. The molecule has 1 unspecified atom stereocenters. The van der Waals surface area contributed by atoms with Crippen molar-refractivity contribution in [1.82, 2.24) is 10.2 Å². The third-order valence-electron chi connectivity index (χ3n) is 1.94. The van der Waals surface area contributed by atoms with Crippen molar-refractivity contribution in [2.75, 3.05) is 19.1 Å². The lowest BCUT2D eigenvalue weighted by Crippen LogP contribution is -2.49. The first-order valence-electron chi connectivity index (χ1n) is 5.13. The number of aliphatic carboxylic acids is 1. The molecule has 0 aromatic carbocycles. The average Bonchev–Trinajstić information content (AvgIpc) is 2.32. The van der Waals surface area contributed by atoms with Gasteiger partial charge in [-0.2, -0.15) is 5.26 Å². The quantitative estimate of drug-likeness (QED) is 0.331. The smallest absolute Gasteiger partial charge is 0.328 e. The van der Waals surface area contributed by atoms with Crippen molar-refractivity contribution in [3.8, 4) is 6.19 Å². The molecule has 9 nitrogen and oxygen atoms in total. The summed E-state index contributed by atoms with van der Waals surface area (Å²) in [6, 6.07) is -1.47. The molecule has 2 amide bonds. The van der Waals surface area contributed by atoms with Crippen molar-refractivity contribution in [2.45, 2.75) is 6.04 Å². The minimum Gasteiger partial charge on any atom is -0.478 e. The van der Waals surface area contributed by atoms with Crippen molar-refractivity contribution in [3.63, 3.8) is 0 Å². The lowest BCUT2D eigenvalue weighted by atomic mass is 10.3. The first-order valence-corrected chi connectivity index (χ1v) is 7.19. The molecule has 0 saturated carbocycles. The fourth-order valence-corrected chi connectivity index (χ4v) is 1.96. The molecule has 0 aliphatic heterocycles. The summed E-state index contributed by atoms with van der Waals surface area (Å²) >= 11 is 0. The van der Waals surface area contributed by atoms with Gasteiger partial charge in [0.05, 0.1) is 5.75 Å². The van der Waals surface area contributed by atoms with E-state index in [2.05, 4.69) is 0 Å². The zero-order chi connectivity index (χ0) is 15.9. The normalized spacial score (nSPS) is 12.4. The van der Waals surface area contributed by atoms with Crippen molar-refractivity contribution in [2.24, 2.45) is 0 Å². The Labute approximate surface area is 115 Å². The third kappa shape index (κ3) is 7.12. The van der Waals surface area contributed by atoms with Gasteiger partial charge in [-0.1, -0.05) is 0 Å². The second-order valence-electron chi connectivity index (χ2n) is 3.82. The summed E-state index contributed by atoms with van der Waals surface area (Å²) in [6.07, 6.45) is 3.51. The largest absolute Gasteiger partial charge is 0.478 e. The van der Waals surface area contributed by atoms with E-state index in [1.165, 1.54) is 6.19 Å². The number of hydrogen-bond donors (Lipinski definition) is 2. The molecule has 0 rings (SSSR count). The van der Waals surface area contributed by atoms with E-state index in [0.717, 1.165) is 13.3 Å². The lowest BCUT2D eigenvalue weighted by molar-refractivity contribution is -0.131. The summed E-state index contributed by atoms with van der Waals surface area (Å²) in [5.41, 5.74) is 0. The van der Waals surface area contributed by atoms with Crippen LogP contribution in [-0.2, 0) is 24.2 Å². The summed E-state index contributed by atoms with van der Waals surface area (Å²) in [5.74, 6) is -3.96. The van der Waals surface area contributed by atoms with Gasteiger partial charge in [0.15, 0.2) is 6.19 Å². The van der Waals surface area contributed by atoms with Gasteiger partial charge in [0.1, 0.15) is 15.9 Å². The SMILES string of the molecule is CN(C#N)C(=O)C(CS(C)(=O)=O)NC(=O)/C=C/C(=O)O. The van der Waals surface area contributed by atoms with Crippen LogP contribution in [0.1, 0.15) is 0 Å². The summed E-state index contributed by atoms with van der Waals surface area (Å²) in [6.45, 7) is 0. The van der Waals surface area contributed by atoms with Crippen molar-refractivity contribution in [3.05, 3.63) is 12.2 Å². The van der Waals surface area contributed by atoms with E-state index in [9.17, 15) is 22.8 Å². The zero-order valence-electron chi connectivity index (χ0n) is 10.7. The van der Waals surface area contributed by atoms with Gasteiger partial charge in [0.25, 0.3) is 5.91 Å². The van der Waals surface area contributed by atoms with E-state index in [1.807, 2.05) is 5.32 Å². The highest BCUT2D eigenvalue weighted by Crippen LogP contribution is 1.97. The number of nitrogens with one attached hydrogen (secondary N) is 1. The monoisotopic (exact) mass is 303 g/mol. The predicted octanol–water partition coefficient (Wildman–Crippen LogP) is -1.90. The molecule has 0 bridgehead atoms. The van der Waals surface area contributed by atoms with Crippen LogP contribution in [0.3, 0.4) is 0 Å².